The second-order valence-electron chi connectivity index (χ2n) is 5.25. The highest BCUT2D eigenvalue weighted by atomic mass is 32.2. The normalized spacial score (nSPS) is 23.1. The van der Waals surface area contributed by atoms with Crippen molar-refractivity contribution in [1.29, 1.82) is 0 Å². The molecule has 1 N–H and O–H groups in total. The summed E-state index contributed by atoms with van der Waals surface area (Å²) in [5.41, 5.74) is 0. The summed E-state index contributed by atoms with van der Waals surface area (Å²) in [5.74, 6) is 1.25. The zero-order valence-electron chi connectivity index (χ0n) is 11.6. The summed E-state index contributed by atoms with van der Waals surface area (Å²) >= 11 is 3.76. The van der Waals surface area contributed by atoms with Crippen LogP contribution in [0.5, 0.6) is 0 Å². The predicted octanol–water partition coefficient (Wildman–Crippen LogP) is 2.48. The Morgan fingerprint density at radius 1 is 1.35 bits per heavy atom. The third-order valence-electron chi connectivity index (χ3n) is 3.89. The largest absolute Gasteiger partial charge is 0.360 e. The van der Waals surface area contributed by atoms with E-state index in [1.807, 2.05) is 16.7 Å². The van der Waals surface area contributed by atoms with Crippen molar-refractivity contribution in [2.75, 3.05) is 43.4 Å². The van der Waals surface area contributed by atoms with E-state index in [2.05, 4.69) is 27.7 Å². The fraction of sp³-hybridized carbons (Fsp3) is 0.643. The maximum atomic E-state index is 12.1. The third-order valence-corrected chi connectivity index (χ3v) is 6.22. The lowest BCUT2D eigenvalue weighted by molar-refractivity contribution is 0.194. The highest BCUT2D eigenvalue weighted by Gasteiger charge is 2.23. The lowest BCUT2D eigenvalue weighted by Crippen LogP contribution is -2.52. The summed E-state index contributed by atoms with van der Waals surface area (Å²) < 4.78 is 0. The first-order valence-electron chi connectivity index (χ1n) is 7.26. The molecule has 1 aromatic rings. The van der Waals surface area contributed by atoms with Gasteiger partial charge in [-0.25, -0.2) is 4.79 Å². The number of thiophene rings is 1. The number of carbonyl (C=O) groups excluding carboxylic acids is 1. The van der Waals surface area contributed by atoms with Crippen LogP contribution in [0.3, 0.4) is 0 Å². The highest BCUT2D eigenvalue weighted by molar-refractivity contribution is 8.00. The van der Waals surface area contributed by atoms with Gasteiger partial charge in [0.15, 0.2) is 0 Å². The van der Waals surface area contributed by atoms with Gasteiger partial charge in [-0.05, 0) is 36.1 Å². The Morgan fingerprint density at radius 2 is 2.20 bits per heavy atom. The summed E-state index contributed by atoms with van der Waals surface area (Å²) in [6.07, 6.45) is 2.54. The fourth-order valence-corrected chi connectivity index (χ4v) is 4.68. The molecule has 2 saturated heterocycles. The van der Waals surface area contributed by atoms with Gasteiger partial charge < -0.3 is 15.1 Å². The standard InChI is InChI=1S/C14H21N3OS2/c18-14(15-11-12-3-1-9-19-12)17-7-5-16(6-8-17)13-4-2-10-20-13/h2,4,10,12H,1,3,5-9,11H2,(H,15,18)/t12-/m1/s1. The molecule has 4 nitrogen and oxygen atoms in total. The SMILES string of the molecule is O=C(NC[C@H]1CCCS1)N1CCN(c2cccs2)CC1. The minimum absolute atomic E-state index is 0.114. The quantitative estimate of drug-likeness (QED) is 0.931. The number of amides is 2. The van der Waals surface area contributed by atoms with Crippen molar-refractivity contribution in [3.8, 4) is 0 Å². The maximum absolute atomic E-state index is 12.1. The first-order chi connectivity index (χ1) is 9.83. The van der Waals surface area contributed by atoms with E-state index in [9.17, 15) is 4.79 Å². The lowest BCUT2D eigenvalue weighted by Gasteiger charge is -2.35. The molecule has 2 fully saturated rings. The molecule has 0 spiro atoms. The number of piperazine rings is 1. The van der Waals surface area contributed by atoms with Crippen molar-refractivity contribution in [2.24, 2.45) is 0 Å². The number of nitrogens with zero attached hydrogens (tertiary/aromatic N) is 2. The molecule has 0 bridgehead atoms. The minimum Gasteiger partial charge on any atom is -0.360 e. The number of thioether (sulfide) groups is 1. The van der Waals surface area contributed by atoms with E-state index in [-0.39, 0.29) is 6.03 Å². The summed E-state index contributed by atoms with van der Waals surface area (Å²) in [7, 11) is 0. The molecule has 2 aliphatic rings. The number of rotatable bonds is 3. The van der Waals surface area contributed by atoms with Crippen LogP contribution in [0.25, 0.3) is 0 Å². The van der Waals surface area contributed by atoms with E-state index in [0.29, 0.717) is 5.25 Å². The summed E-state index contributed by atoms with van der Waals surface area (Å²) in [5, 5.41) is 7.14. The molecule has 0 unspecified atom stereocenters. The van der Waals surface area contributed by atoms with Crippen LogP contribution in [0.1, 0.15) is 12.8 Å². The average molecular weight is 311 g/mol. The first kappa shape index (κ1) is 14.1. The van der Waals surface area contributed by atoms with Crippen LogP contribution >= 0.6 is 23.1 Å². The van der Waals surface area contributed by atoms with Crippen LogP contribution in [0.2, 0.25) is 0 Å². The number of urea groups is 1. The molecule has 0 radical (unpaired) electrons. The van der Waals surface area contributed by atoms with Gasteiger partial charge in [-0.15, -0.1) is 11.3 Å². The monoisotopic (exact) mass is 311 g/mol. The topological polar surface area (TPSA) is 35.6 Å². The summed E-state index contributed by atoms with van der Waals surface area (Å²) in [4.78, 5) is 16.4. The minimum atomic E-state index is 0.114. The second-order valence-corrected chi connectivity index (χ2v) is 7.58. The Labute approximate surface area is 128 Å². The molecule has 0 aromatic carbocycles. The Kier molecular flexibility index (Phi) is 4.73. The zero-order chi connectivity index (χ0) is 13.8. The molecule has 1 atom stereocenters. The van der Waals surface area contributed by atoms with Crippen molar-refractivity contribution >= 4 is 34.1 Å². The molecule has 20 heavy (non-hydrogen) atoms. The Hall–Kier alpha value is -0.880. The molecule has 3 rings (SSSR count). The van der Waals surface area contributed by atoms with E-state index >= 15 is 0 Å². The molecule has 2 amide bonds. The molecule has 110 valence electrons. The van der Waals surface area contributed by atoms with Crippen molar-refractivity contribution in [3.63, 3.8) is 0 Å². The van der Waals surface area contributed by atoms with Crippen LogP contribution in [0.15, 0.2) is 17.5 Å². The lowest BCUT2D eigenvalue weighted by atomic mass is 10.2. The van der Waals surface area contributed by atoms with Gasteiger partial charge >= 0.3 is 6.03 Å². The number of carbonyl (C=O) groups is 1. The molecule has 0 aliphatic carbocycles. The van der Waals surface area contributed by atoms with Gasteiger partial charge in [-0.2, -0.15) is 11.8 Å². The van der Waals surface area contributed by atoms with Crippen LogP contribution in [0, 0.1) is 0 Å². The molecule has 3 heterocycles. The van der Waals surface area contributed by atoms with Gasteiger partial charge in [0.1, 0.15) is 0 Å². The Bertz CT molecular complexity index is 424. The number of hydrogen-bond donors (Lipinski definition) is 1. The molecule has 1 aromatic heterocycles. The van der Waals surface area contributed by atoms with Crippen LogP contribution in [-0.2, 0) is 0 Å². The van der Waals surface area contributed by atoms with E-state index in [4.69, 9.17) is 0 Å². The maximum Gasteiger partial charge on any atom is 0.317 e. The molecular weight excluding hydrogens is 290 g/mol. The van der Waals surface area contributed by atoms with Crippen molar-refractivity contribution < 1.29 is 4.79 Å². The van der Waals surface area contributed by atoms with Gasteiger partial charge in [0, 0.05) is 38.0 Å². The van der Waals surface area contributed by atoms with E-state index < -0.39 is 0 Å². The van der Waals surface area contributed by atoms with Gasteiger partial charge in [0.25, 0.3) is 0 Å². The van der Waals surface area contributed by atoms with Crippen molar-refractivity contribution in [1.82, 2.24) is 10.2 Å². The van der Waals surface area contributed by atoms with Gasteiger partial charge in [0.2, 0.25) is 0 Å². The van der Waals surface area contributed by atoms with E-state index in [1.165, 1.54) is 23.6 Å². The van der Waals surface area contributed by atoms with Crippen molar-refractivity contribution in [2.45, 2.75) is 18.1 Å². The zero-order valence-corrected chi connectivity index (χ0v) is 13.2. The number of anilines is 1. The molecule has 0 saturated carbocycles. The van der Waals surface area contributed by atoms with E-state index in [0.717, 1.165) is 32.7 Å². The first-order valence-corrected chi connectivity index (χ1v) is 9.18. The van der Waals surface area contributed by atoms with Crippen LogP contribution < -0.4 is 10.2 Å². The van der Waals surface area contributed by atoms with Gasteiger partial charge in [-0.1, -0.05) is 0 Å². The Morgan fingerprint density at radius 3 is 2.85 bits per heavy atom. The predicted molar refractivity (Wildman–Crippen MR) is 87.0 cm³/mol. The van der Waals surface area contributed by atoms with Gasteiger partial charge in [0.05, 0.1) is 5.00 Å². The molecular formula is C14H21N3OS2. The summed E-state index contributed by atoms with van der Waals surface area (Å²) in [6, 6.07) is 4.35. The molecule has 2 aliphatic heterocycles. The smallest absolute Gasteiger partial charge is 0.317 e. The van der Waals surface area contributed by atoms with Crippen LogP contribution in [-0.4, -0.2) is 54.7 Å². The van der Waals surface area contributed by atoms with Gasteiger partial charge in [-0.3, -0.25) is 0 Å². The Balaban J connectivity index is 1.42. The molecule has 6 heteroatoms. The van der Waals surface area contributed by atoms with Crippen molar-refractivity contribution in [3.05, 3.63) is 17.5 Å². The second kappa shape index (κ2) is 6.72. The third kappa shape index (κ3) is 3.41. The average Bonchev–Trinajstić information content (AvgIpc) is 3.18. The number of hydrogen-bond acceptors (Lipinski definition) is 4. The van der Waals surface area contributed by atoms with Crippen LogP contribution in [0.4, 0.5) is 9.80 Å². The fourth-order valence-electron chi connectivity index (χ4n) is 2.70. The number of nitrogens with one attached hydrogen (secondary N) is 1. The highest BCUT2D eigenvalue weighted by Crippen LogP contribution is 2.25. The summed E-state index contributed by atoms with van der Waals surface area (Å²) in [6.45, 7) is 4.34. The van der Waals surface area contributed by atoms with E-state index in [1.54, 1.807) is 11.3 Å².